The van der Waals surface area contributed by atoms with E-state index in [1.165, 1.54) is 12.4 Å². The van der Waals surface area contributed by atoms with Gasteiger partial charge in [0.25, 0.3) is 0 Å². The first-order chi connectivity index (χ1) is 7.55. The van der Waals surface area contributed by atoms with Crippen molar-refractivity contribution in [2.24, 2.45) is 11.1 Å². The van der Waals surface area contributed by atoms with Crippen LogP contribution in [-0.4, -0.2) is 31.4 Å². The summed E-state index contributed by atoms with van der Waals surface area (Å²) < 4.78 is 29.0. The van der Waals surface area contributed by atoms with Crippen molar-refractivity contribution in [2.45, 2.75) is 24.3 Å². The van der Waals surface area contributed by atoms with Gasteiger partial charge < -0.3 is 4.74 Å². The average molecular weight is 245 g/mol. The smallest absolute Gasteiger partial charge is 0.241 e. The molecule has 7 heteroatoms. The van der Waals surface area contributed by atoms with Gasteiger partial charge in [0.1, 0.15) is 4.90 Å². The molecule has 0 atom stereocenters. The molecule has 0 spiro atoms. The van der Waals surface area contributed by atoms with Gasteiger partial charge in [-0.15, -0.1) is 0 Å². The zero-order valence-electron chi connectivity index (χ0n) is 8.87. The third-order valence-electron chi connectivity index (χ3n) is 2.72. The Morgan fingerprint density at radius 3 is 2.75 bits per heavy atom. The van der Waals surface area contributed by atoms with Gasteiger partial charge in [-0.2, -0.15) is 5.10 Å². The zero-order chi connectivity index (χ0) is 11.6. The Balaban J connectivity index is 2.02. The van der Waals surface area contributed by atoms with Crippen molar-refractivity contribution in [1.29, 1.82) is 0 Å². The summed E-state index contributed by atoms with van der Waals surface area (Å²) in [5, 5.41) is 9.00. The van der Waals surface area contributed by atoms with E-state index in [1.54, 1.807) is 4.68 Å². The van der Waals surface area contributed by atoms with Crippen molar-refractivity contribution in [3.8, 4) is 0 Å². The van der Waals surface area contributed by atoms with Crippen LogP contribution >= 0.6 is 0 Å². The molecule has 1 aliphatic heterocycles. The molecule has 0 bridgehead atoms. The van der Waals surface area contributed by atoms with Crippen LogP contribution in [0.2, 0.25) is 0 Å². The minimum Gasteiger partial charge on any atom is -0.381 e. The van der Waals surface area contributed by atoms with Gasteiger partial charge >= 0.3 is 0 Å². The Morgan fingerprint density at radius 1 is 1.50 bits per heavy atom. The molecule has 0 radical (unpaired) electrons. The topological polar surface area (TPSA) is 87.2 Å². The molecule has 1 saturated heterocycles. The predicted octanol–water partition coefficient (Wildman–Crippen LogP) is -0.0429. The summed E-state index contributed by atoms with van der Waals surface area (Å²) in [6.45, 7) is 2.26. The molecule has 0 aliphatic carbocycles. The molecule has 0 unspecified atom stereocenters. The summed E-state index contributed by atoms with van der Waals surface area (Å²) in [7, 11) is -3.63. The van der Waals surface area contributed by atoms with Crippen LogP contribution in [0.1, 0.15) is 12.8 Å². The second kappa shape index (κ2) is 4.52. The molecular formula is C9H15N3O3S. The van der Waals surface area contributed by atoms with Crippen molar-refractivity contribution in [3.63, 3.8) is 0 Å². The van der Waals surface area contributed by atoms with Crippen molar-refractivity contribution < 1.29 is 13.2 Å². The second-order valence-corrected chi connectivity index (χ2v) is 5.56. The largest absolute Gasteiger partial charge is 0.381 e. The highest BCUT2D eigenvalue weighted by Gasteiger charge is 2.16. The molecule has 1 aromatic heterocycles. The molecule has 1 aliphatic rings. The maximum atomic E-state index is 11.0. The van der Waals surface area contributed by atoms with Crippen LogP contribution in [0.5, 0.6) is 0 Å². The molecule has 1 aromatic rings. The number of nitrogens with zero attached hydrogens (tertiary/aromatic N) is 2. The third-order valence-corrected chi connectivity index (χ3v) is 3.59. The number of rotatable bonds is 3. The minimum atomic E-state index is -3.63. The summed E-state index contributed by atoms with van der Waals surface area (Å²) >= 11 is 0. The third kappa shape index (κ3) is 2.81. The highest BCUT2D eigenvalue weighted by Crippen LogP contribution is 2.17. The fourth-order valence-corrected chi connectivity index (χ4v) is 2.25. The van der Waals surface area contributed by atoms with E-state index in [0.717, 1.165) is 32.6 Å². The molecule has 90 valence electrons. The van der Waals surface area contributed by atoms with Gasteiger partial charge in [-0.1, -0.05) is 0 Å². The Kier molecular flexibility index (Phi) is 3.27. The maximum Gasteiger partial charge on any atom is 0.241 e. The van der Waals surface area contributed by atoms with E-state index in [4.69, 9.17) is 9.88 Å². The van der Waals surface area contributed by atoms with E-state index in [0.29, 0.717) is 5.92 Å². The van der Waals surface area contributed by atoms with Crippen molar-refractivity contribution >= 4 is 10.0 Å². The van der Waals surface area contributed by atoms with Crippen molar-refractivity contribution in [2.75, 3.05) is 13.2 Å². The number of hydrogen-bond acceptors (Lipinski definition) is 4. The van der Waals surface area contributed by atoms with Gasteiger partial charge in [0, 0.05) is 26.0 Å². The molecule has 6 nitrogen and oxygen atoms in total. The van der Waals surface area contributed by atoms with Gasteiger partial charge in [-0.05, 0) is 18.8 Å². The standard InChI is InChI=1S/C9H15N3O3S/c10-16(13,14)9-5-11-12(7-9)6-8-1-3-15-4-2-8/h5,7-8H,1-4,6H2,(H2,10,13,14). The summed E-state index contributed by atoms with van der Waals surface area (Å²) in [5.41, 5.74) is 0. The van der Waals surface area contributed by atoms with Crippen molar-refractivity contribution in [1.82, 2.24) is 9.78 Å². The molecule has 0 amide bonds. The van der Waals surface area contributed by atoms with E-state index >= 15 is 0 Å². The lowest BCUT2D eigenvalue weighted by atomic mass is 10.0. The average Bonchev–Trinajstić information content (AvgIpc) is 2.67. The van der Waals surface area contributed by atoms with Crippen molar-refractivity contribution in [3.05, 3.63) is 12.4 Å². The summed E-state index contributed by atoms with van der Waals surface area (Å²) in [6.07, 6.45) is 4.74. The van der Waals surface area contributed by atoms with Gasteiger partial charge in [0.15, 0.2) is 0 Å². The van der Waals surface area contributed by atoms with E-state index in [-0.39, 0.29) is 4.90 Å². The van der Waals surface area contributed by atoms with Gasteiger partial charge in [-0.25, -0.2) is 13.6 Å². The first-order valence-electron chi connectivity index (χ1n) is 5.19. The Labute approximate surface area is 94.4 Å². The summed E-state index contributed by atoms with van der Waals surface area (Å²) in [6, 6.07) is 0. The second-order valence-electron chi connectivity index (χ2n) is 4.00. The SMILES string of the molecule is NS(=O)(=O)c1cnn(CC2CCOCC2)c1. The maximum absolute atomic E-state index is 11.0. The quantitative estimate of drug-likeness (QED) is 0.809. The fourth-order valence-electron chi connectivity index (χ4n) is 1.78. The molecule has 2 rings (SSSR count). The number of hydrogen-bond donors (Lipinski definition) is 1. The van der Waals surface area contributed by atoms with Crippen LogP contribution in [-0.2, 0) is 21.3 Å². The van der Waals surface area contributed by atoms with E-state index < -0.39 is 10.0 Å². The summed E-state index contributed by atoms with van der Waals surface area (Å²) in [4.78, 5) is 0.0690. The molecule has 0 aromatic carbocycles. The van der Waals surface area contributed by atoms with Gasteiger partial charge in [-0.3, -0.25) is 4.68 Å². The highest BCUT2D eigenvalue weighted by molar-refractivity contribution is 7.89. The van der Waals surface area contributed by atoms with Crippen LogP contribution in [0.15, 0.2) is 17.3 Å². The molecular weight excluding hydrogens is 230 g/mol. The zero-order valence-corrected chi connectivity index (χ0v) is 9.69. The number of sulfonamides is 1. The van der Waals surface area contributed by atoms with Gasteiger partial charge in [0.2, 0.25) is 10.0 Å². The predicted molar refractivity (Wildman–Crippen MR) is 57.1 cm³/mol. The van der Waals surface area contributed by atoms with Gasteiger partial charge in [0.05, 0.1) is 6.20 Å². The lowest BCUT2D eigenvalue weighted by Crippen LogP contribution is -2.20. The number of primary sulfonamides is 1. The number of ether oxygens (including phenoxy) is 1. The molecule has 0 saturated carbocycles. The first kappa shape index (κ1) is 11.6. The van der Waals surface area contributed by atoms with E-state index in [9.17, 15) is 8.42 Å². The number of aromatic nitrogens is 2. The Hall–Kier alpha value is -0.920. The first-order valence-corrected chi connectivity index (χ1v) is 6.73. The van der Waals surface area contributed by atoms with Crippen LogP contribution < -0.4 is 5.14 Å². The lowest BCUT2D eigenvalue weighted by Gasteiger charge is -2.21. The normalized spacial score (nSPS) is 18.8. The van der Waals surface area contributed by atoms with Crippen LogP contribution in [0.25, 0.3) is 0 Å². The highest BCUT2D eigenvalue weighted by atomic mass is 32.2. The van der Waals surface area contributed by atoms with E-state index in [2.05, 4.69) is 5.10 Å². The fraction of sp³-hybridized carbons (Fsp3) is 0.667. The monoisotopic (exact) mass is 245 g/mol. The summed E-state index contributed by atoms with van der Waals surface area (Å²) in [5.74, 6) is 0.502. The Bertz CT molecular complexity index is 448. The number of nitrogens with two attached hydrogens (primary N) is 1. The molecule has 16 heavy (non-hydrogen) atoms. The lowest BCUT2D eigenvalue weighted by molar-refractivity contribution is 0.0601. The molecule has 1 fully saturated rings. The van der Waals surface area contributed by atoms with Crippen LogP contribution in [0.4, 0.5) is 0 Å². The van der Waals surface area contributed by atoms with Crippen LogP contribution in [0.3, 0.4) is 0 Å². The minimum absolute atomic E-state index is 0.0690. The molecule has 2 heterocycles. The molecule has 2 N–H and O–H groups in total. The Morgan fingerprint density at radius 2 is 2.19 bits per heavy atom. The van der Waals surface area contributed by atoms with Crippen LogP contribution in [0, 0.1) is 5.92 Å². The van der Waals surface area contributed by atoms with E-state index in [1.807, 2.05) is 0 Å².